The Balaban J connectivity index is 1.53. The summed E-state index contributed by atoms with van der Waals surface area (Å²) in [5.74, 6) is 1.32. The first-order valence-electron chi connectivity index (χ1n) is 9.66. The maximum absolute atomic E-state index is 12.7. The van der Waals surface area contributed by atoms with Crippen molar-refractivity contribution in [2.45, 2.75) is 70.9 Å². The molecule has 2 aliphatic rings. The summed E-state index contributed by atoms with van der Waals surface area (Å²) >= 11 is 0. The van der Waals surface area contributed by atoms with Crippen molar-refractivity contribution < 1.29 is 9.53 Å². The molecular formula is C18H31N5O2. The number of nitrogens with one attached hydrogen (secondary N) is 2. The fraction of sp³-hybridized carbons (Fsp3) is 0.833. The average Bonchev–Trinajstić information content (AvgIpc) is 3.16. The van der Waals surface area contributed by atoms with Gasteiger partial charge in [0, 0.05) is 37.1 Å². The number of aromatic amines is 1. The molecule has 0 bridgehead atoms. The predicted molar refractivity (Wildman–Crippen MR) is 95.3 cm³/mol. The number of urea groups is 1. The van der Waals surface area contributed by atoms with Crippen LogP contribution in [0.25, 0.3) is 0 Å². The van der Waals surface area contributed by atoms with E-state index in [1.54, 1.807) is 6.33 Å². The zero-order valence-corrected chi connectivity index (χ0v) is 15.6. The minimum absolute atomic E-state index is 0.0715. The number of ether oxygens (including phenoxy) is 1. The van der Waals surface area contributed by atoms with Crippen molar-refractivity contribution in [1.82, 2.24) is 25.4 Å². The smallest absolute Gasteiger partial charge is 0.317 e. The van der Waals surface area contributed by atoms with Crippen molar-refractivity contribution in [3.8, 4) is 0 Å². The van der Waals surface area contributed by atoms with Gasteiger partial charge in [-0.15, -0.1) is 0 Å². The zero-order chi connectivity index (χ0) is 17.9. The van der Waals surface area contributed by atoms with Gasteiger partial charge >= 0.3 is 6.03 Å². The molecule has 7 nitrogen and oxygen atoms in total. The summed E-state index contributed by atoms with van der Waals surface area (Å²) < 4.78 is 5.91. The molecule has 2 fully saturated rings. The van der Waals surface area contributed by atoms with Gasteiger partial charge in [-0.2, -0.15) is 5.10 Å². The van der Waals surface area contributed by atoms with Crippen LogP contribution in [0.2, 0.25) is 0 Å². The Bertz CT molecular complexity index is 550. The minimum Gasteiger partial charge on any atom is -0.378 e. The molecule has 140 valence electrons. The standard InChI is InChI=1S/C18H31N5O2/c1-4-18(5-2)14(11-15(18)25-6-3)21-17(24)23-9-7-13(8-10-23)16-19-12-20-22-16/h12-15H,4-11H2,1-3H3,(H,21,24)(H,19,20,22)/t14-,15-/m0/s1. The topological polar surface area (TPSA) is 83.1 Å². The number of nitrogens with zero attached hydrogens (tertiary/aromatic N) is 3. The average molecular weight is 349 g/mol. The molecule has 0 spiro atoms. The molecule has 3 rings (SSSR count). The highest BCUT2D eigenvalue weighted by atomic mass is 16.5. The largest absolute Gasteiger partial charge is 0.378 e. The molecule has 2 N–H and O–H groups in total. The number of likely N-dealkylation sites (tertiary alicyclic amines) is 1. The van der Waals surface area contributed by atoms with Crippen molar-refractivity contribution in [1.29, 1.82) is 0 Å². The number of hydrogen-bond donors (Lipinski definition) is 2. The molecule has 0 unspecified atom stereocenters. The van der Waals surface area contributed by atoms with Crippen LogP contribution < -0.4 is 5.32 Å². The van der Waals surface area contributed by atoms with Gasteiger partial charge in [-0.3, -0.25) is 5.10 Å². The summed E-state index contributed by atoms with van der Waals surface area (Å²) in [6, 6.07) is 0.292. The summed E-state index contributed by atoms with van der Waals surface area (Å²) in [4.78, 5) is 18.9. The molecule has 0 radical (unpaired) electrons. The van der Waals surface area contributed by atoms with Crippen LogP contribution >= 0.6 is 0 Å². The first-order valence-corrected chi connectivity index (χ1v) is 9.66. The summed E-state index contributed by atoms with van der Waals surface area (Å²) in [5, 5.41) is 10.2. The van der Waals surface area contributed by atoms with E-state index < -0.39 is 0 Å². The van der Waals surface area contributed by atoms with E-state index >= 15 is 0 Å². The fourth-order valence-corrected chi connectivity index (χ4v) is 4.59. The molecule has 1 saturated heterocycles. The normalized spacial score (nSPS) is 26.3. The van der Waals surface area contributed by atoms with Crippen LogP contribution in [0.4, 0.5) is 4.79 Å². The van der Waals surface area contributed by atoms with Crippen molar-refractivity contribution in [2.24, 2.45) is 5.41 Å². The van der Waals surface area contributed by atoms with E-state index in [0.717, 1.165) is 57.6 Å². The molecule has 1 saturated carbocycles. The Morgan fingerprint density at radius 3 is 2.64 bits per heavy atom. The monoisotopic (exact) mass is 349 g/mol. The fourth-order valence-electron chi connectivity index (χ4n) is 4.59. The third-order valence-electron chi connectivity index (χ3n) is 6.37. The van der Waals surface area contributed by atoms with Crippen LogP contribution in [0, 0.1) is 5.41 Å². The lowest BCUT2D eigenvalue weighted by atomic mass is 9.58. The van der Waals surface area contributed by atoms with E-state index in [1.165, 1.54) is 0 Å². The molecule has 0 aromatic carbocycles. The predicted octanol–water partition coefficient (Wildman–Crippen LogP) is 2.68. The van der Waals surface area contributed by atoms with Crippen LogP contribution in [-0.2, 0) is 4.74 Å². The molecular weight excluding hydrogens is 318 g/mol. The van der Waals surface area contributed by atoms with Crippen molar-refractivity contribution in [2.75, 3.05) is 19.7 Å². The quantitative estimate of drug-likeness (QED) is 0.827. The summed E-state index contributed by atoms with van der Waals surface area (Å²) in [5.41, 5.74) is 0.0871. The Morgan fingerprint density at radius 2 is 2.08 bits per heavy atom. The van der Waals surface area contributed by atoms with Crippen LogP contribution in [0.3, 0.4) is 0 Å². The maximum atomic E-state index is 12.7. The third-order valence-corrected chi connectivity index (χ3v) is 6.37. The van der Waals surface area contributed by atoms with E-state index in [4.69, 9.17) is 4.74 Å². The van der Waals surface area contributed by atoms with Gasteiger partial charge in [0.2, 0.25) is 0 Å². The highest BCUT2D eigenvalue weighted by Gasteiger charge is 2.54. The maximum Gasteiger partial charge on any atom is 0.317 e. The Morgan fingerprint density at radius 1 is 1.36 bits per heavy atom. The van der Waals surface area contributed by atoms with Gasteiger partial charge in [0.15, 0.2) is 0 Å². The van der Waals surface area contributed by atoms with E-state index in [1.807, 2.05) is 11.8 Å². The van der Waals surface area contributed by atoms with Crippen LogP contribution in [0.15, 0.2) is 6.33 Å². The number of H-pyrrole nitrogens is 1. The molecule has 1 aromatic heterocycles. The van der Waals surface area contributed by atoms with Gasteiger partial charge < -0.3 is 15.0 Å². The highest BCUT2D eigenvalue weighted by molar-refractivity contribution is 5.75. The van der Waals surface area contributed by atoms with Gasteiger partial charge in [0.05, 0.1) is 6.10 Å². The first-order chi connectivity index (χ1) is 12.1. The Labute approximate surface area is 149 Å². The summed E-state index contributed by atoms with van der Waals surface area (Å²) in [7, 11) is 0. The Hall–Kier alpha value is -1.63. The van der Waals surface area contributed by atoms with E-state index in [2.05, 4.69) is 34.3 Å². The number of piperidine rings is 1. The molecule has 2 amide bonds. The minimum atomic E-state index is 0.0715. The van der Waals surface area contributed by atoms with Gasteiger partial charge in [-0.1, -0.05) is 13.8 Å². The highest BCUT2D eigenvalue weighted by Crippen LogP contribution is 2.49. The Kier molecular flexibility index (Phi) is 5.61. The lowest BCUT2D eigenvalue weighted by Crippen LogP contribution is -2.65. The van der Waals surface area contributed by atoms with Crippen molar-refractivity contribution >= 4 is 6.03 Å². The third kappa shape index (κ3) is 3.38. The summed E-state index contributed by atoms with van der Waals surface area (Å²) in [6.45, 7) is 8.73. The van der Waals surface area contributed by atoms with Gasteiger partial charge in [0.1, 0.15) is 12.2 Å². The van der Waals surface area contributed by atoms with Crippen LogP contribution in [-0.4, -0.2) is 58.0 Å². The SMILES string of the molecule is CCO[C@H]1C[C@H](NC(=O)N2CCC(c3ncn[nH]3)CC2)C1(CC)CC. The van der Waals surface area contributed by atoms with Crippen LogP contribution in [0.5, 0.6) is 0 Å². The second-order valence-electron chi connectivity index (χ2n) is 7.25. The van der Waals surface area contributed by atoms with Gasteiger partial charge in [-0.05, 0) is 39.0 Å². The number of amides is 2. The number of aromatic nitrogens is 3. The molecule has 1 aliphatic heterocycles. The van der Waals surface area contributed by atoms with E-state index in [0.29, 0.717) is 5.92 Å². The van der Waals surface area contributed by atoms with E-state index in [9.17, 15) is 4.79 Å². The van der Waals surface area contributed by atoms with Gasteiger partial charge in [0.25, 0.3) is 0 Å². The van der Waals surface area contributed by atoms with Gasteiger partial charge in [-0.25, -0.2) is 9.78 Å². The van der Waals surface area contributed by atoms with Crippen molar-refractivity contribution in [3.05, 3.63) is 12.2 Å². The first kappa shape index (κ1) is 18.2. The molecule has 1 aliphatic carbocycles. The van der Waals surface area contributed by atoms with Crippen molar-refractivity contribution in [3.63, 3.8) is 0 Å². The number of carbonyl (C=O) groups is 1. The van der Waals surface area contributed by atoms with Crippen LogP contribution in [0.1, 0.15) is 64.6 Å². The number of hydrogen-bond acceptors (Lipinski definition) is 4. The molecule has 25 heavy (non-hydrogen) atoms. The number of rotatable bonds is 6. The second kappa shape index (κ2) is 7.72. The molecule has 7 heteroatoms. The second-order valence-corrected chi connectivity index (χ2v) is 7.25. The lowest BCUT2D eigenvalue weighted by molar-refractivity contribution is -0.134. The summed E-state index contributed by atoms with van der Waals surface area (Å²) in [6.07, 6.45) is 6.68. The molecule has 2 heterocycles. The van der Waals surface area contributed by atoms with E-state index in [-0.39, 0.29) is 23.6 Å². The molecule has 1 aromatic rings. The number of carbonyl (C=O) groups excluding carboxylic acids is 1. The lowest BCUT2D eigenvalue weighted by Gasteiger charge is -2.55. The zero-order valence-electron chi connectivity index (χ0n) is 15.6. The molecule has 2 atom stereocenters.